The summed E-state index contributed by atoms with van der Waals surface area (Å²) in [5.74, 6) is 0.0227. The van der Waals surface area contributed by atoms with Crippen LogP contribution in [-0.4, -0.2) is 119 Å². The number of hydrogen-bond acceptors (Lipinski definition) is 11. The average Bonchev–Trinajstić information content (AvgIpc) is 3.55. The lowest BCUT2D eigenvalue weighted by molar-refractivity contribution is -0.0829. The van der Waals surface area contributed by atoms with Crippen molar-refractivity contribution in [2.45, 2.75) is 113 Å². The Balaban J connectivity index is 1.50. The van der Waals surface area contributed by atoms with Crippen LogP contribution in [0, 0.1) is 0 Å². The highest BCUT2D eigenvalue weighted by molar-refractivity contribution is 7.91. The number of hydrogen-bond donors (Lipinski definition) is 0. The third-order valence-corrected chi connectivity index (χ3v) is 15.0. The monoisotopic (exact) mass is 850 g/mol. The lowest BCUT2D eigenvalue weighted by atomic mass is 9.83. The Labute approximate surface area is 346 Å². The Kier molecular flexibility index (Phi) is 13.2. The summed E-state index contributed by atoms with van der Waals surface area (Å²) in [4.78, 5) is 27.4. The van der Waals surface area contributed by atoms with E-state index < -0.39 is 37.7 Å². The zero-order chi connectivity index (χ0) is 42.0. The minimum atomic E-state index is -3.94. The van der Waals surface area contributed by atoms with E-state index in [0.29, 0.717) is 62.0 Å². The quantitative estimate of drug-likeness (QED) is 0.0651. The first kappa shape index (κ1) is 43.9. The minimum absolute atomic E-state index is 0.0875. The van der Waals surface area contributed by atoms with E-state index >= 15 is 0 Å². The molecule has 2 unspecified atom stereocenters. The Morgan fingerprint density at radius 1 is 0.879 bits per heavy atom. The minimum Gasteiger partial charge on any atom is -0.444 e. The number of anilines is 1. The predicted octanol–water partition coefficient (Wildman–Crippen LogP) is 8.17. The van der Waals surface area contributed by atoms with Crippen LogP contribution in [0.5, 0.6) is 0 Å². The highest BCUT2D eigenvalue weighted by Crippen LogP contribution is 2.43. The van der Waals surface area contributed by atoms with Crippen molar-refractivity contribution in [3.8, 4) is 22.4 Å². The van der Waals surface area contributed by atoms with Crippen LogP contribution in [0.4, 0.5) is 10.6 Å². The molecule has 3 aromatic heterocycles. The molecule has 5 heterocycles. The molecule has 6 rings (SSSR count). The molecule has 0 saturated carbocycles. The number of rotatable bonds is 15. The molecule has 13 nitrogen and oxygen atoms in total. The zero-order valence-electron chi connectivity index (χ0n) is 35.9. The molecule has 2 aliphatic rings. The van der Waals surface area contributed by atoms with Gasteiger partial charge in [-0.25, -0.2) is 18.2 Å². The maximum atomic E-state index is 14.3. The number of pyridine rings is 1. The van der Waals surface area contributed by atoms with Crippen LogP contribution in [0.2, 0.25) is 51.4 Å². The molecule has 2 fully saturated rings. The predicted molar refractivity (Wildman–Crippen MR) is 234 cm³/mol. The summed E-state index contributed by atoms with van der Waals surface area (Å²) in [5, 5.41) is 4.85. The number of benzene rings is 1. The number of morpholine rings is 1. The van der Waals surface area contributed by atoms with Crippen LogP contribution in [-0.2, 0) is 28.8 Å². The third kappa shape index (κ3) is 10.9. The number of aromatic nitrogens is 4. The average molecular weight is 851 g/mol. The number of ether oxygens (including phenoxy) is 4. The van der Waals surface area contributed by atoms with Crippen molar-refractivity contribution in [3.05, 3.63) is 60.6 Å². The second-order valence-electron chi connectivity index (χ2n) is 19.2. The summed E-state index contributed by atoms with van der Waals surface area (Å²) >= 11 is 0. The lowest BCUT2D eigenvalue weighted by Gasteiger charge is -2.48. The largest absolute Gasteiger partial charge is 0.444 e. The van der Waals surface area contributed by atoms with E-state index in [1.165, 1.54) is 6.26 Å². The molecule has 0 N–H and O–H groups in total. The van der Waals surface area contributed by atoms with E-state index in [1.807, 2.05) is 74.3 Å². The van der Waals surface area contributed by atoms with Gasteiger partial charge >= 0.3 is 6.09 Å². The van der Waals surface area contributed by atoms with E-state index in [0.717, 1.165) is 28.9 Å². The molecule has 58 heavy (non-hydrogen) atoms. The van der Waals surface area contributed by atoms with Crippen molar-refractivity contribution in [1.82, 2.24) is 24.5 Å². The number of piperidine rings is 1. The van der Waals surface area contributed by atoms with Gasteiger partial charge in [0.25, 0.3) is 0 Å². The molecule has 316 valence electrons. The number of nitrogens with zero attached hydrogens (tertiary/aromatic N) is 6. The van der Waals surface area contributed by atoms with Crippen molar-refractivity contribution in [2.75, 3.05) is 51.0 Å². The fourth-order valence-corrected chi connectivity index (χ4v) is 10.1. The van der Waals surface area contributed by atoms with E-state index in [2.05, 4.69) is 39.3 Å². The summed E-state index contributed by atoms with van der Waals surface area (Å²) in [6.45, 7) is 21.3. The molecule has 2 saturated heterocycles. The Morgan fingerprint density at radius 3 is 2.00 bits per heavy atom. The normalized spacial score (nSPS) is 19.1. The molecule has 0 spiro atoms. The highest BCUT2D eigenvalue weighted by atomic mass is 32.2. The SMILES string of the molecule is CC(C)(C)OC(=O)N1C2COCC1CC(c1nc3c(-c4ccc(-c5ccccc5)nc4)cnn3c(N(COCC[Si](C)(C)C)COCC[Si](C)(C)C)c1S(C)(=O)=O)C2. The number of carbonyl (C=O) groups is 1. The molecule has 1 aromatic carbocycles. The maximum Gasteiger partial charge on any atom is 0.410 e. The van der Waals surface area contributed by atoms with Crippen LogP contribution >= 0.6 is 0 Å². The topological polar surface area (TPSA) is 138 Å². The van der Waals surface area contributed by atoms with E-state index in [1.54, 1.807) is 15.6 Å². The zero-order valence-corrected chi connectivity index (χ0v) is 38.8. The van der Waals surface area contributed by atoms with Crippen LogP contribution < -0.4 is 4.90 Å². The maximum absolute atomic E-state index is 14.3. The van der Waals surface area contributed by atoms with Crippen LogP contribution in [0.25, 0.3) is 28.0 Å². The van der Waals surface area contributed by atoms with Gasteiger partial charge in [0.1, 0.15) is 24.0 Å². The molecule has 1 amide bonds. The molecule has 16 heteroatoms. The second kappa shape index (κ2) is 17.5. The van der Waals surface area contributed by atoms with Crippen molar-refractivity contribution >= 4 is 43.5 Å². The first-order valence-corrected chi connectivity index (χ1v) is 29.6. The van der Waals surface area contributed by atoms with Crippen molar-refractivity contribution in [1.29, 1.82) is 0 Å². The summed E-state index contributed by atoms with van der Waals surface area (Å²) < 4.78 is 54.8. The first-order valence-electron chi connectivity index (χ1n) is 20.3. The molecule has 2 bridgehead atoms. The fourth-order valence-electron chi connectivity index (χ4n) is 7.44. The van der Waals surface area contributed by atoms with Gasteiger partial charge in [0, 0.05) is 64.4 Å². The number of fused-ring (bicyclic) bond motifs is 3. The van der Waals surface area contributed by atoms with Gasteiger partial charge in [-0.3, -0.25) is 9.88 Å². The molecule has 2 aliphatic heterocycles. The van der Waals surface area contributed by atoms with Gasteiger partial charge in [0.15, 0.2) is 21.3 Å². The Bertz CT molecular complexity index is 2110. The molecule has 4 aromatic rings. The van der Waals surface area contributed by atoms with Crippen molar-refractivity contribution in [3.63, 3.8) is 0 Å². The standard InChI is InChI=1S/C42H62N6O7SSi2/c1-42(2,3)55-41(49)47-33-22-32(23-34(47)27-54-26-33)37-38(56(4,50)51)40(46(28-52-18-20-57(5,6)7)29-53-19-21-58(8,9)10)48-39(45-37)35(25-44-48)31-16-17-36(43-24-31)30-14-12-11-13-15-30/h11-17,24-25,32-34H,18-23,26-29H2,1-10H3. The Morgan fingerprint density at radius 2 is 1.48 bits per heavy atom. The molecule has 0 aliphatic carbocycles. The van der Waals surface area contributed by atoms with Gasteiger partial charge in [0.2, 0.25) is 0 Å². The van der Waals surface area contributed by atoms with Gasteiger partial charge in [-0.15, -0.1) is 0 Å². The van der Waals surface area contributed by atoms with Crippen LogP contribution in [0.3, 0.4) is 0 Å². The third-order valence-electron chi connectivity index (χ3n) is 10.4. The van der Waals surface area contributed by atoms with Crippen molar-refractivity contribution < 1.29 is 32.2 Å². The van der Waals surface area contributed by atoms with E-state index in [9.17, 15) is 13.2 Å². The van der Waals surface area contributed by atoms with E-state index in [4.69, 9.17) is 34.0 Å². The van der Waals surface area contributed by atoms with Crippen molar-refractivity contribution in [2.24, 2.45) is 0 Å². The summed E-state index contributed by atoms with van der Waals surface area (Å²) in [7, 11) is -6.78. The highest BCUT2D eigenvalue weighted by Gasteiger charge is 2.46. The summed E-state index contributed by atoms with van der Waals surface area (Å²) in [6, 6.07) is 15.2. The Hall–Kier alpha value is -3.68. The van der Waals surface area contributed by atoms with Crippen LogP contribution in [0.15, 0.2) is 59.8 Å². The van der Waals surface area contributed by atoms with E-state index in [-0.39, 0.29) is 36.4 Å². The fraction of sp³-hybridized carbons (Fsp3) is 0.571. The number of sulfone groups is 1. The van der Waals surface area contributed by atoms with Gasteiger partial charge in [-0.1, -0.05) is 75.7 Å². The first-order chi connectivity index (χ1) is 27.2. The molecular weight excluding hydrogens is 789 g/mol. The van der Waals surface area contributed by atoms with Gasteiger partial charge < -0.3 is 23.8 Å². The second-order valence-corrected chi connectivity index (χ2v) is 32.3. The lowest BCUT2D eigenvalue weighted by Crippen LogP contribution is -2.59. The van der Waals surface area contributed by atoms with Gasteiger partial charge in [-0.05, 0) is 51.8 Å². The molecule has 0 radical (unpaired) electrons. The molecular formula is C42H62N6O7SSi2. The number of carbonyl (C=O) groups excluding carboxylic acids is 1. The van der Waals surface area contributed by atoms with Crippen LogP contribution in [0.1, 0.15) is 45.2 Å². The summed E-state index contributed by atoms with van der Waals surface area (Å²) in [5.41, 5.74) is 3.60. The van der Waals surface area contributed by atoms with Gasteiger partial charge in [-0.2, -0.15) is 9.61 Å². The summed E-state index contributed by atoms with van der Waals surface area (Å²) in [6.07, 6.45) is 5.26. The van der Waals surface area contributed by atoms with Gasteiger partial charge in [0.05, 0.1) is 42.9 Å². The smallest absolute Gasteiger partial charge is 0.410 e. The number of amides is 1. The molecule has 2 atom stereocenters.